The van der Waals surface area contributed by atoms with Gasteiger partial charge < -0.3 is 9.64 Å². The zero-order chi connectivity index (χ0) is 17.7. The number of hydrogen-bond acceptors (Lipinski definition) is 4. The SMILES string of the molecule is O=C(c1ccccc1F)N1CC2(C1)[C@H](COCC1CC1)CCS2(=O)=O. The van der Waals surface area contributed by atoms with Gasteiger partial charge in [-0.2, -0.15) is 0 Å². The normalized spacial score (nSPS) is 26.6. The highest BCUT2D eigenvalue weighted by atomic mass is 32.2. The number of benzene rings is 1. The Morgan fingerprint density at radius 3 is 2.60 bits per heavy atom. The Bertz CT molecular complexity index is 784. The summed E-state index contributed by atoms with van der Waals surface area (Å²) in [5.74, 6) is -0.322. The van der Waals surface area contributed by atoms with Crippen LogP contribution in [0, 0.1) is 17.7 Å². The van der Waals surface area contributed by atoms with Crippen LogP contribution < -0.4 is 0 Å². The van der Waals surface area contributed by atoms with Gasteiger partial charge in [0.1, 0.15) is 10.6 Å². The average molecular weight is 367 g/mol. The lowest BCUT2D eigenvalue weighted by Crippen LogP contribution is -2.68. The highest BCUT2D eigenvalue weighted by Crippen LogP contribution is 2.45. The lowest BCUT2D eigenvalue weighted by Gasteiger charge is -2.49. The molecule has 2 heterocycles. The van der Waals surface area contributed by atoms with E-state index in [4.69, 9.17) is 4.74 Å². The molecule has 5 nitrogen and oxygen atoms in total. The molecule has 7 heteroatoms. The fourth-order valence-corrected chi connectivity index (χ4v) is 6.32. The van der Waals surface area contributed by atoms with E-state index in [0.717, 1.165) is 0 Å². The van der Waals surface area contributed by atoms with Crippen LogP contribution in [0.5, 0.6) is 0 Å². The van der Waals surface area contributed by atoms with Crippen LogP contribution in [0.25, 0.3) is 0 Å². The maximum atomic E-state index is 13.8. The molecular formula is C18H22FNO4S. The molecule has 1 spiro atoms. The van der Waals surface area contributed by atoms with E-state index in [1.165, 1.54) is 35.9 Å². The first-order valence-corrected chi connectivity index (χ1v) is 10.4. The number of sulfone groups is 1. The second-order valence-electron chi connectivity index (χ2n) is 7.49. The number of rotatable bonds is 5. The van der Waals surface area contributed by atoms with Gasteiger partial charge in [-0.3, -0.25) is 4.79 Å². The second-order valence-corrected chi connectivity index (χ2v) is 9.94. The van der Waals surface area contributed by atoms with Gasteiger partial charge in [-0.1, -0.05) is 12.1 Å². The molecule has 1 aliphatic carbocycles. The molecule has 1 aromatic carbocycles. The van der Waals surface area contributed by atoms with E-state index in [9.17, 15) is 17.6 Å². The fourth-order valence-electron chi connectivity index (χ4n) is 3.92. The quantitative estimate of drug-likeness (QED) is 0.797. The van der Waals surface area contributed by atoms with Crippen LogP contribution in [0.1, 0.15) is 29.6 Å². The fraction of sp³-hybridized carbons (Fsp3) is 0.611. The Kier molecular flexibility index (Phi) is 4.11. The van der Waals surface area contributed by atoms with Crippen LogP contribution >= 0.6 is 0 Å². The van der Waals surface area contributed by atoms with Crippen molar-refractivity contribution in [3.8, 4) is 0 Å². The standard InChI is InChI=1S/C18H22FNO4S/c19-16-4-2-1-3-15(16)17(21)20-11-18(12-20)14(7-8-25(18,22)23)10-24-9-13-5-6-13/h1-4,13-14H,5-12H2/t14-/m0/s1. The Morgan fingerprint density at radius 1 is 1.20 bits per heavy atom. The number of hydrogen-bond donors (Lipinski definition) is 0. The summed E-state index contributed by atoms with van der Waals surface area (Å²) < 4.78 is 43.8. The molecule has 1 aromatic rings. The van der Waals surface area contributed by atoms with E-state index >= 15 is 0 Å². The number of ether oxygens (including phenoxy) is 1. The number of carbonyl (C=O) groups is 1. The zero-order valence-corrected chi connectivity index (χ0v) is 14.8. The Labute approximate surface area is 147 Å². The van der Waals surface area contributed by atoms with Crippen molar-refractivity contribution in [3.63, 3.8) is 0 Å². The van der Waals surface area contributed by atoms with Crippen molar-refractivity contribution in [1.29, 1.82) is 0 Å². The van der Waals surface area contributed by atoms with Crippen molar-refractivity contribution in [2.45, 2.75) is 24.0 Å². The first kappa shape index (κ1) is 17.0. The van der Waals surface area contributed by atoms with Gasteiger partial charge in [0, 0.05) is 25.6 Å². The van der Waals surface area contributed by atoms with Gasteiger partial charge >= 0.3 is 0 Å². The summed E-state index contributed by atoms with van der Waals surface area (Å²) in [4.78, 5) is 13.9. The Balaban J connectivity index is 1.45. The summed E-state index contributed by atoms with van der Waals surface area (Å²) in [6, 6.07) is 5.80. The molecule has 2 aliphatic heterocycles. The molecule has 0 radical (unpaired) electrons. The lowest BCUT2D eigenvalue weighted by molar-refractivity contribution is 0.0226. The zero-order valence-electron chi connectivity index (χ0n) is 14.0. The lowest BCUT2D eigenvalue weighted by atomic mass is 9.83. The Morgan fingerprint density at radius 2 is 1.92 bits per heavy atom. The largest absolute Gasteiger partial charge is 0.381 e. The summed E-state index contributed by atoms with van der Waals surface area (Å²) >= 11 is 0. The highest BCUT2D eigenvalue weighted by Gasteiger charge is 2.62. The maximum Gasteiger partial charge on any atom is 0.256 e. The molecule has 3 aliphatic rings. The van der Waals surface area contributed by atoms with E-state index in [1.807, 2.05) is 0 Å². The van der Waals surface area contributed by atoms with Crippen molar-refractivity contribution >= 4 is 15.7 Å². The second kappa shape index (κ2) is 6.06. The number of nitrogens with zero attached hydrogens (tertiary/aromatic N) is 1. The van der Waals surface area contributed by atoms with Gasteiger partial charge in [-0.15, -0.1) is 0 Å². The third-order valence-corrected chi connectivity index (χ3v) is 8.38. The molecule has 1 saturated carbocycles. The number of amides is 1. The summed E-state index contributed by atoms with van der Waals surface area (Å²) in [7, 11) is -3.26. The van der Waals surface area contributed by atoms with E-state index in [0.29, 0.717) is 25.6 Å². The molecular weight excluding hydrogens is 345 g/mol. The van der Waals surface area contributed by atoms with Gasteiger partial charge in [-0.25, -0.2) is 12.8 Å². The number of likely N-dealkylation sites (tertiary alicyclic amines) is 1. The molecule has 1 amide bonds. The van der Waals surface area contributed by atoms with Crippen LogP contribution in [0.3, 0.4) is 0 Å². The minimum absolute atomic E-state index is 0.00530. The van der Waals surface area contributed by atoms with E-state index in [-0.39, 0.29) is 30.3 Å². The molecule has 0 bridgehead atoms. The Hall–Kier alpha value is -1.47. The van der Waals surface area contributed by atoms with E-state index < -0.39 is 26.3 Å². The molecule has 25 heavy (non-hydrogen) atoms. The predicted octanol–water partition coefficient (Wildman–Crippen LogP) is 1.88. The van der Waals surface area contributed by atoms with E-state index in [1.54, 1.807) is 6.07 Å². The first-order chi connectivity index (χ1) is 11.9. The maximum absolute atomic E-state index is 13.8. The number of carbonyl (C=O) groups excluding carboxylic acids is 1. The van der Waals surface area contributed by atoms with Gasteiger partial charge in [0.15, 0.2) is 9.84 Å². The predicted molar refractivity (Wildman–Crippen MR) is 90.5 cm³/mol. The van der Waals surface area contributed by atoms with Crippen molar-refractivity contribution in [2.75, 3.05) is 32.1 Å². The van der Waals surface area contributed by atoms with Crippen molar-refractivity contribution in [3.05, 3.63) is 35.6 Å². The highest BCUT2D eigenvalue weighted by molar-refractivity contribution is 7.93. The monoisotopic (exact) mass is 367 g/mol. The minimum Gasteiger partial charge on any atom is -0.381 e. The third kappa shape index (κ3) is 2.87. The number of halogens is 1. The molecule has 0 N–H and O–H groups in total. The van der Waals surface area contributed by atoms with Crippen molar-refractivity contribution < 1.29 is 22.3 Å². The summed E-state index contributed by atoms with van der Waals surface area (Å²) in [6.07, 6.45) is 2.97. The van der Waals surface area contributed by atoms with Crippen LogP contribution in [0.4, 0.5) is 4.39 Å². The van der Waals surface area contributed by atoms with Gasteiger partial charge in [0.25, 0.3) is 5.91 Å². The molecule has 4 rings (SSSR count). The third-order valence-electron chi connectivity index (χ3n) is 5.78. The van der Waals surface area contributed by atoms with E-state index in [2.05, 4.69) is 0 Å². The molecule has 1 atom stereocenters. The molecule has 0 unspecified atom stereocenters. The van der Waals surface area contributed by atoms with Crippen LogP contribution in [-0.4, -0.2) is 56.0 Å². The van der Waals surface area contributed by atoms with Gasteiger partial charge in [0.05, 0.1) is 17.9 Å². The van der Waals surface area contributed by atoms with Crippen molar-refractivity contribution in [1.82, 2.24) is 4.90 Å². The summed E-state index contributed by atoms with van der Waals surface area (Å²) in [5.41, 5.74) is -0.00530. The van der Waals surface area contributed by atoms with Crippen LogP contribution in [0.15, 0.2) is 24.3 Å². The van der Waals surface area contributed by atoms with Crippen LogP contribution in [0.2, 0.25) is 0 Å². The topological polar surface area (TPSA) is 63.7 Å². The smallest absolute Gasteiger partial charge is 0.256 e. The molecule has 136 valence electrons. The minimum atomic E-state index is -3.26. The van der Waals surface area contributed by atoms with Crippen molar-refractivity contribution in [2.24, 2.45) is 11.8 Å². The molecule has 2 saturated heterocycles. The average Bonchev–Trinajstić information content (AvgIpc) is 3.30. The molecule has 3 fully saturated rings. The van der Waals surface area contributed by atoms with Gasteiger partial charge in [0.2, 0.25) is 0 Å². The molecule has 0 aromatic heterocycles. The van der Waals surface area contributed by atoms with Crippen LogP contribution in [-0.2, 0) is 14.6 Å². The summed E-state index contributed by atoms with van der Waals surface area (Å²) in [6.45, 7) is 1.40. The summed E-state index contributed by atoms with van der Waals surface area (Å²) in [5, 5.41) is 0. The van der Waals surface area contributed by atoms with Gasteiger partial charge in [-0.05, 0) is 37.3 Å². The first-order valence-electron chi connectivity index (χ1n) is 8.77.